The van der Waals surface area contributed by atoms with E-state index in [1.54, 1.807) is 32.0 Å². The Balaban J connectivity index is 2.68. The quantitative estimate of drug-likeness (QED) is 0.473. The molecule has 0 N–H and O–H groups in total. The first-order chi connectivity index (χ1) is 13.4. The van der Waals surface area contributed by atoms with E-state index in [9.17, 15) is 16.8 Å². The van der Waals surface area contributed by atoms with Crippen molar-refractivity contribution in [2.45, 2.75) is 13.8 Å². The summed E-state index contributed by atoms with van der Waals surface area (Å²) in [4.78, 5) is 0. The molecule has 2 aromatic carbocycles. The van der Waals surface area contributed by atoms with Gasteiger partial charge >= 0.3 is 20.2 Å². The van der Waals surface area contributed by atoms with Gasteiger partial charge in [-0.25, -0.2) is 0 Å². The molecule has 160 valence electrons. The SMILES string of the molecule is CCOc1cc(-c2ccc(OS(C)(=O)=O)cc2)c(OCC)c(OS(C)(=O)=O)c1Br. The van der Waals surface area contributed by atoms with Gasteiger partial charge in [0, 0.05) is 5.56 Å². The van der Waals surface area contributed by atoms with Crippen LogP contribution < -0.4 is 17.8 Å². The fraction of sp³-hybridized carbons (Fsp3) is 0.333. The molecule has 0 amide bonds. The van der Waals surface area contributed by atoms with Gasteiger partial charge in [0.05, 0.1) is 25.7 Å². The lowest BCUT2D eigenvalue weighted by atomic mass is 10.0. The molecule has 0 radical (unpaired) electrons. The molecule has 0 aliphatic carbocycles. The first-order valence-electron chi connectivity index (χ1n) is 8.46. The van der Waals surface area contributed by atoms with Gasteiger partial charge in [0.25, 0.3) is 0 Å². The Morgan fingerprint density at radius 3 is 1.86 bits per heavy atom. The lowest BCUT2D eigenvalue weighted by molar-refractivity contribution is 0.319. The van der Waals surface area contributed by atoms with Crippen LogP contribution in [0, 0.1) is 0 Å². The van der Waals surface area contributed by atoms with Gasteiger partial charge in [0.2, 0.25) is 5.75 Å². The molecule has 29 heavy (non-hydrogen) atoms. The monoisotopic (exact) mass is 508 g/mol. The van der Waals surface area contributed by atoms with E-state index in [1.807, 2.05) is 0 Å². The zero-order chi connectivity index (χ0) is 21.8. The van der Waals surface area contributed by atoms with Crippen LogP contribution in [-0.4, -0.2) is 42.6 Å². The lowest BCUT2D eigenvalue weighted by Crippen LogP contribution is -2.09. The molecule has 0 saturated heterocycles. The van der Waals surface area contributed by atoms with Crippen LogP contribution in [0.5, 0.6) is 23.0 Å². The molecular formula is C18H21BrO8S2. The first-order valence-corrected chi connectivity index (χ1v) is 12.9. The number of benzene rings is 2. The summed E-state index contributed by atoms with van der Waals surface area (Å²) in [5.74, 6) is 0.668. The smallest absolute Gasteiger partial charge is 0.306 e. The van der Waals surface area contributed by atoms with E-state index in [4.69, 9.17) is 17.8 Å². The minimum Gasteiger partial charge on any atom is -0.493 e. The van der Waals surface area contributed by atoms with Gasteiger partial charge in [-0.1, -0.05) is 12.1 Å². The van der Waals surface area contributed by atoms with Crippen molar-refractivity contribution in [2.75, 3.05) is 25.7 Å². The molecular weight excluding hydrogens is 488 g/mol. The van der Waals surface area contributed by atoms with Crippen molar-refractivity contribution >= 4 is 36.2 Å². The summed E-state index contributed by atoms with van der Waals surface area (Å²) in [6.07, 6.45) is 1.88. The van der Waals surface area contributed by atoms with Crippen LogP contribution in [0.1, 0.15) is 13.8 Å². The van der Waals surface area contributed by atoms with Gasteiger partial charge in [0.15, 0.2) is 5.75 Å². The number of hydrogen-bond donors (Lipinski definition) is 0. The van der Waals surface area contributed by atoms with Crippen LogP contribution >= 0.6 is 15.9 Å². The number of halogens is 1. The molecule has 0 spiro atoms. The molecule has 0 fully saturated rings. The van der Waals surface area contributed by atoms with Crippen LogP contribution in [0.3, 0.4) is 0 Å². The number of hydrogen-bond acceptors (Lipinski definition) is 8. The van der Waals surface area contributed by atoms with Crippen molar-refractivity contribution < 1.29 is 34.7 Å². The number of ether oxygens (including phenoxy) is 2. The predicted octanol–water partition coefficient (Wildman–Crippen LogP) is 3.59. The van der Waals surface area contributed by atoms with Crippen molar-refractivity contribution in [2.24, 2.45) is 0 Å². The Morgan fingerprint density at radius 2 is 1.38 bits per heavy atom. The number of rotatable bonds is 9. The van der Waals surface area contributed by atoms with E-state index >= 15 is 0 Å². The van der Waals surface area contributed by atoms with Crippen LogP contribution in [0.2, 0.25) is 0 Å². The molecule has 8 nitrogen and oxygen atoms in total. The molecule has 2 rings (SSSR count). The van der Waals surface area contributed by atoms with Crippen molar-refractivity contribution in [1.82, 2.24) is 0 Å². The molecule has 2 aromatic rings. The normalized spacial score (nSPS) is 11.8. The second-order valence-corrected chi connectivity index (χ2v) is 9.80. The van der Waals surface area contributed by atoms with E-state index in [0.29, 0.717) is 28.0 Å². The summed E-state index contributed by atoms with van der Waals surface area (Å²) in [5, 5.41) is 0. The second-order valence-electron chi connectivity index (χ2n) is 5.86. The fourth-order valence-corrected chi connectivity index (χ4v) is 3.97. The standard InChI is InChI=1S/C18H21BrO8S2/c1-5-24-15-11-14(12-7-9-13(10-8-12)26-28(3,20)21)17(25-6-2)18(16(15)19)27-29(4,22)23/h7-11H,5-6H2,1-4H3. The molecule has 0 aromatic heterocycles. The van der Waals surface area contributed by atoms with Crippen molar-refractivity contribution in [3.8, 4) is 34.1 Å². The molecule has 0 saturated carbocycles. The summed E-state index contributed by atoms with van der Waals surface area (Å²) in [5.41, 5.74) is 1.11. The van der Waals surface area contributed by atoms with Gasteiger partial charge in [-0.3, -0.25) is 0 Å². The molecule has 0 bridgehead atoms. The Bertz CT molecular complexity index is 1080. The summed E-state index contributed by atoms with van der Waals surface area (Å²) >= 11 is 3.33. The van der Waals surface area contributed by atoms with E-state index < -0.39 is 20.2 Å². The minimum absolute atomic E-state index is 0.0354. The summed E-state index contributed by atoms with van der Waals surface area (Å²) in [6.45, 7) is 4.13. The Kier molecular flexibility index (Phi) is 7.41. The van der Waals surface area contributed by atoms with Crippen molar-refractivity contribution in [1.29, 1.82) is 0 Å². The van der Waals surface area contributed by atoms with Gasteiger partial charge in [0.1, 0.15) is 16.0 Å². The zero-order valence-electron chi connectivity index (χ0n) is 16.3. The highest BCUT2D eigenvalue weighted by atomic mass is 79.9. The van der Waals surface area contributed by atoms with Crippen LogP contribution in [0.4, 0.5) is 0 Å². The third-order valence-electron chi connectivity index (χ3n) is 3.38. The molecule has 0 unspecified atom stereocenters. The summed E-state index contributed by atoms with van der Waals surface area (Å²) < 4.78 is 67.8. The Morgan fingerprint density at radius 1 is 0.828 bits per heavy atom. The highest BCUT2D eigenvalue weighted by molar-refractivity contribution is 9.10. The third-order valence-corrected chi connectivity index (χ3v) is 5.09. The summed E-state index contributed by atoms with van der Waals surface area (Å²) in [6, 6.07) is 7.87. The Labute approximate surface area is 179 Å². The summed E-state index contributed by atoms with van der Waals surface area (Å²) in [7, 11) is -7.51. The predicted molar refractivity (Wildman–Crippen MR) is 113 cm³/mol. The maximum atomic E-state index is 11.8. The third kappa shape index (κ3) is 6.51. The van der Waals surface area contributed by atoms with Crippen LogP contribution in [-0.2, 0) is 20.2 Å². The van der Waals surface area contributed by atoms with Crippen LogP contribution in [0.15, 0.2) is 34.8 Å². The maximum Gasteiger partial charge on any atom is 0.306 e. The van der Waals surface area contributed by atoms with E-state index in [-0.39, 0.29) is 23.9 Å². The van der Waals surface area contributed by atoms with Gasteiger partial charge in [-0.05, 0) is 53.5 Å². The Hall–Kier alpha value is -1.98. The van der Waals surface area contributed by atoms with Gasteiger partial charge in [-0.15, -0.1) is 0 Å². The van der Waals surface area contributed by atoms with Crippen LogP contribution in [0.25, 0.3) is 11.1 Å². The zero-order valence-corrected chi connectivity index (χ0v) is 19.5. The second kappa shape index (κ2) is 9.23. The van der Waals surface area contributed by atoms with Crippen molar-refractivity contribution in [3.63, 3.8) is 0 Å². The molecule has 0 heterocycles. The van der Waals surface area contributed by atoms with E-state index in [1.165, 1.54) is 12.1 Å². The van der Waals surface area contributed by atoms with E-state index in [2.05, 4.69) is 15.9 Å². The average molecular weight is 509 g/mol. The molecule has 0 aliphatic rings. The largest absolute Gasteiger partial charge is 0.493 e. The molecule has 0 aliphatic heterocycles. The topological polar surface area (TPSA) is 105 Å². The molecule has 0 atom stereocenters. The first kappa shape index (κ1) is 23.3. The van der Waals surface area contributed by atoms with Gasteiger partial charge < -0.3 is 17.8 Å². The average Bonchev–Trinajstić information content (AvgIpc) is 2.59. The van der Waals surface area contributed by atoms with E-state index in [0.717, 1.165) is 12.5 Å². The lowest BCUT2D eigenvalue weighted by Gasteiger charge is -2.19. The van der Waals surface area contributed by atoms with Gasteiger partial charge in [-0.2, -0.15) is 16.8 Å². The highest BCUT2D eigenvalue weighted by Gasteiger charge is 2.24. The minimum atomic E-state index is -3.85. The van der Waals surface area contributed by atoms with Crippen molar-refractivity contribution in [3.05, 3.63) is 34.8 Å². The highest BCUT2D eigenvalue weighted by Crippen LogP contribution is 2.49. The maximum absolute atomic E-state index is 11.8. The molecule has 11 heteroatoms. The fourth-order valence-electron chi connectivity index (χ4n) is 2.45.